The minimum absolute atomic E-state index is 0.151. The predicted molar refractivity (Wildman–Crippen MR) is 135 cm³/mol. The maximum atomic E-state index is 11.7. The van der Waals surface area contributed by atoms with E-state index in [2.05, 4.69) is 60.6 Å². The summed E-state index contributed by atoms with van der Waals surface area (Å²) in [4.78, 5) is 17.8. The number of nitrogens with one attached hydrogen (secondary N) is 1. The molecule has 1 aliphatic heterocycles. The number of carbonyl (C=O) groups is 1. The third kappa shape index (κ3) is 3.90. The molecule has 7 nitrogen and oxygen atoms in total. The van der Waals surface area contributed by atoms with Crippen LogP contribution in [0.3, 0.4) is 0 Å². The van der Waals surface area contributed by atoms with Crippen molar-refractivity contribution in [1.29, 1.82) is 0 Å². The highest BCUT2D eigenvalue weighted by Crippen LogP contribution is 2.39. The van der Waals surface area contributed by atoms with Gasteiger partial charge in [-0.15, -0.1) is 21.5 Å². The molecule has 0 bridgehead atoms. The SMILES string of the molecule is Cc1ccc(Nc2ccc(C3=N[C@@H](CC(=O)O)c4nnc(C)n4-c4sc(C)c(C)c43)cc2)cc1. The molecule has 0 unspecified atom stereocenters. The van der Waals surface area contributed by atoms with E-state index in [1.165, 1.54) is 10.4 Å². The number of aromatic nitrogens is 3. The summed E-state index contributed by atoms with van der Waals surface area (Å²) in [5.74, 6) is 0.369. The zero-order valence-corrected chi connectivity index (χ0v) is 20.3. The van der Waals surface area contributed by atoms with Crippen molar-refractivity contribution in [1.82, 2.24) is 14.8 Å². The van der Waals surface area contributed by atoms with Crippen molar-refractivity contribution in [3.8, 4) is 5.00 Å². The van der Waals surface area contributed by atoms with Crippen LogP contribution in [0.1, 0.15) is 51.2 Å². The van der Waals surface area contributed by atoms with Crippen LogP contribution < -0.4 is 5.32 Å². The quantitative estimate of drug-likeness (QED) is 0.391. The Balaban J connectivity index is 1.60. The largest absolute Gasteiger partial charge is 0.481 e. The lowest BCUT2D eigenvalue weighted by atomic mass is 9.99. The van der Waals surface area contributed by atoms with Gasteiger partial charge in [0.2, 0.25) is 0 Å². The number of hydrogen-bond donors (Lipinski definition) is 2. The number of anilines is 2. The second-order valence-electron chi connectivity index (χ2n) is 8.56. The molecular weight excluding hydrogens is 446 g/mol. The fraction of sp³-hybridized carbons (Fsp3) is 0.231. The lowest BCUT2D eigenvalue weighted by Gasteiger charge is -2.12. The Morgan fingerprint density at radius 1 is 1.00 bits per heavy atom. The number of thiophene rings is 1. The normalized spacial score (nSPS) is 14.7. The Morgan fingerprint density at radius 2 is 1.65 bits per heavy atom. The van der Waals surface area contributed by atoms with E-state index in [4.69, 9.17) is 4.99 Å². The minimum Gasteiger partial charge on any atom is -0.481 e. The summed E-state index contributed by atoms with van der Waals surface area (Å²) in [6.45, 7) is 8.13. The summed E-state index contributed by atoms with van der Waals surface area (Å²) in [7, 11) is 0. The van der Waals surface area contributed by atoms with Crippen molar-refractivity contribution in [2.75, 3.05) is 5.32 Å². The first kappa shape index (κ1) is 22.0. The number of hydrogen-bond acceptors (Lipinski definition) is 6. The number of aryl methyl sites for hydroxylation is 3. The maximum absolute atomic E-state index is 11.7. The van der Waals surface area contributed by atoms with Crippen molar-refractivity contribution in [3.63, 3.8) is 0 Å². The minimum atomic E-state index is -0.920. The fourth-order valence-electron chi connectivity index (χ4n) is 4.21. The van der Waals surface area contributed by atoms with Gasteiger partial charge in [-0.05, 0) is 57.5 Å². The molecule has 2 N–H and O–H groups in total. The molecule has 0 radical (unpaired) electrons. The maximum Gasteiger partial charge on any atom is 0.306 e. The van der Waals surface area contributed by atoms with Crippen LogP contribution in [0.25, 0.3) is 5.00 Å². The summed E-state index contributed by atoms with van der Waals surface area (Å²) >= 11 is 1.66. The van der Waals surface area contributed by atoms with E-state index in [1.807, 2.05) is 35.8 Å². The van der Waals surface area contributed by atoms with Gasteiger partial charge in [0.15, 0.2) is 5.82 Å². The summed E-state index contributed by atoms with van der Waals surface area (Å²) in [6, 6.07) is 15.7. The smallest absolute Gasteiger partial charge is 0.306 e. The number of aliphatic imine (C=N–C) groups is 1. The standard InChI is InChI=1S/C26H25N5O2S/c1-14-5-9-19(10-6-14)27-20-11-7-18(8-12-20)24-23-15(2)16(3)34-26(23)31-17(4)29-30-25(31)21(28-24)13-22(32)33/h5-12,21,27H,13H2,1-4H3,(H,32,33)/t21-/m0/s1. The average molecular weight is 472 g/mol. The van der Waals surface area contributed by atoms with Crippen LogP contribution in [0.2, 0.25) is 0 Å². The zero-order chi connectivity index (χ0) is 24.0. The third-order valence-electron chi connectivity index (χ3n) is 6.11. The lowest BCUT2D eigenvalue weighted by Crippen LogP contribution is -2.10. The highest BCUT2D eigenvalue weighted by atomic mass is 32.1. The van der Waals surface area contributed by atoms with Crippen LogP contribution in [-0.4, -0.2) is 31.6 Å². The number of aliphatic carboxylic acids is 1. The first-order chi connectivity index (χ1) is 16.3. The van der Waals surface area contributed by atoms with E-state index >= 15 is 0 Å². The average Bonchev–Trinajstić information content (AvgIpc) is 3.28. The molecule has 0 aliphatic carbocycles. The van der Waals surface area contributed by atoms with Crippen molar-refractivity contribution >= 4 is 34.4 Å². The summed E-state index contributed by atoms with van der Waals surface area (Å²) in [5, 5.41) is 22.5. The molecule has 2 aromatic heterocycles. The number of fused-ring (bicyclic) bond motifs is 3. The first-order valence-corrected chi connectivity index (χ1v) is 11.9. The molecule has 0 saturated heterocycles. The molecule has 3 heterocycles. The highest BCUT2D eigenvalue weighted by molar-refractivity contribution is 7.15. The Hall–Kier alpha value is -3.78. The molecule has 0 amide bonds. The molecule has 5 rings (SSSR count). The van der Waals surface area contributed by atoms with Gasteiger partial charge in [0, 0.05) is 27.4 Å². The van der Waals surface area contributed by atoms with Gasteiger partial charge >= 0.3 is 5.97 Å². The fourth-order valence-corrected chi connectivity index (χ4v) is 5.42. The molecular formula is C26H25N5O2S. The van der Waals surface area contributed by atoms with Crippen LogP contribution in [0.4, 0.5) is 11.4 Å². The molecule has 8 heteroatoms. The molecule has 0 saturated carbocycles. The van der Waals surface area contributed by atoms with Crippen LogP contribution in [0, 0.1) is 27.7 Å². The Kier molecular flexibility index (Phi) is 5.53. The lowest BCUT2D eigenvalue weighted by molar-refractivity contribution is -0.137. The van der Waals surface area contributed by atoms with Crippen LogP contribution in [-0.2, 0) is 4.79 Å². The molecule has 0 spiro atoms. The van der Waals surface area contributed by atoms with Gasteiger partial charge in [-0.1, -0.05) is 29.8 Å². The van der Waals surface area contributed by atoms with Crippen molar-refractivity contribution in [3.05, 3.63) is 87.3 Å². The second-order valence-corrected chi connectivity index (χ2v) is 9.77. The summed E-state index contributed by atoms with van der Waals surface area (Å²) in [6.07, 6.45) is -0.151. The van der Waals surface area contributed by atoms with Gasteiger partial charge < -0.3 is 10.4 Å². The second kappa shape index (κ2) is 8.53. The highest BCUT2D eigenvalue weighted by Gasteiger charge is 2.32. The Labute approximate surface area is 201 Å². The zero-order valence-electron chi connectivity index (χ0n) is 19.5. The number of rotatable bonds is 5. The van der Waals surface area contributed by atoms with Crippen molar-refractivity contribution < 1.29 is 9.90 Å². The monoisotopic (exact) mass is 471 g/mol. The van der Waals surface area contributed by atoms with Gasteiger partial charge in [-0.25, -0.2) is 0 Å². The molecule has 1 atom stereocenters. The predicted octanol–water partition coefficient (Wildman–Crippen LogP) is 5.67. The van der Waals surface area contributed by atoms with Crippen LogP contribution >= 0.6 is 11.3 Å². The molecule has 1 aliphatic rings. The summed E-state index contributed by atoms with van der Waals surface area (Å²) < 4.78 is 1.97. The summed E-state index contributed by atoms with van der Waals surface area (Å²) in [5.41, 5.74) is 7.07. The van der Waals surface area contributed by atoms with Crippen LogP contribution in [0.5, 0.6) is 0 Å². The number of carboxylic acids is 1. The van der Waals surface area contributed by atoms with Gasteiger partial charge in [0.05, 0.1) is 12.1 Å². The molecule has 172 valence electrons. The van der Waals surface area contributed by atoms with E-state index in [1.54, 1.807) is 11.3 Å². The first-order valence-electron chi connectivity index (χ1n) is 11.1. The third-order valence-corrected chi connectivity index (χ3v) is 7.30. The van der Waals surface area contributed by atoms with E-state index < -0.39 is 12.0 Å². The molecule has 0 fully saturated rings. The molecule has 4 aromatic rings. The van der Waals surface area contributed by atoms with E-state index in [0.29, 0.717) is 5.82 Å². The molecule has 2 aromatic carbocycles. The molecule has 34 heavy (non-hydrogen) atoms. The Morgan fingerprint density at radius 3 is 2.29 bits per heavy atom. The van der Waals surface area contributed by atoms with E-state index in [0.717, 1.165) is 44.6 Å². The number of carboxylic acid groups (broad SMARTS) is 1. The van der Waals surface area contributed by atoms with E-state index in [9.17, 15) is 9.90 Å². The number of nitrogens with zero attached hydrogens (tertiary/aromatic N) is 4. The van der Waals surface area contributed by atoms with Crippen molar-refractivity contribution in [2.45, 2.75) is 40.2 Å². The van der Waals surface area contributed by atoms with Gasteiger partial charge in [0.1, 0.15) is 16.9 Å². The van der Waals surface area contributed by atoms with Gasteiger partial charge in [-0.3, -0.25) is 14.4 Å². The van der Waals surface area contributed by atoms with Gasteiger partial charge in [-0.2, -0.15) is 0 Å². The van der Waals surface area contributed by atoms with E-state index in [-0.39, 0.29) is 6.42 Å². The Bertz CT molecular complexity index is 1410. The van der Waals surface area contributed by atoms with Crippen molar-refractivity contribution in [2.24, 2.45) is 4.99 Å². The number of benzene rings is 2. The topological polar surface area (TPSA) is 92.4 Å². The van der Waals surface area contributed by atoms with Crippen LogP contribution in [0.15, 0.2) is 53.5 Å². The van der Waals surface area contributed by atoms with Gasteiger partial charge in [0.25, 0.3) is 0 Å².